The number of methoxy groups -OCH3 is 1. The molecular weight excluding hydrogens is 430 g/mol. The van der Waals surface area contributed by atoms with E-state index in [2.05, 4.69) is 15.1 Å². The van der Waals surface area contributed by atoms with Gasteiger partial charge in [-0.1, -0.05) is 35.8 Å². The van der Waals surface area contributed by atoms with Gasteiger partial charge >= 0.3 is 0 Å². The van der Waals surface area contributed by atoms with Crippen molar-refractivity contribution in [2.75, 3.05) is 13.7 Å². The van der Waals surface area contributed by atoms with Crippen molar-refractivity contribution in [2.45, 2.75) is 51.7 Å². The largest absolute Gasteiger partial charge is 0.495 e. The van der Waals surface area contributed by atoms with E-state index >= 15 is 0 Å². The summed E-state index contributed by atoms with van der Waals surface area (Å²) in [5.74, 6) is 7.80. The molecule has 0 radical (unpaired) electrons. The molecule has 32 heavy (non-hydrogen) atoms. The van der Waals surface area contributed by atoms with Gasteiger partial charge in [0.05, 0.1) is 23.3 Å². The molecule has 0 aliphatic carbocycles. The molecule has 0 saturated carbocycles. The van der Waals surface area contributed by atoms with E-state index in [0.717, 1.165) is 0 Å². The van der Waals surface area contributed by atoms with E-state index in [1.165, 1.54) is 0 Å². The summed E-state index contributed by atoms with van der Waals surface area (Å²) in [6.45, 7) is 8.07. The molecule has 1 aromatic carbocycles. The Bertz CT molecular complexity index is 1040. The molecule has 2 unspecified atom stereocenters. The summed E-state index contributed by atoms with van der Waals surface area (Å²) in [6.07, 6.45) is 3.88. The number of hydrazine groups is 1. The zero-order valence-electron chi connectivity index (χ0n) is 19.0. The number of hydrogen-bond donors (Lipinski definition) is 2. The molecule has 8 nitrogen and oxygen atoms in total. The number of nitrogens with zero attached hydrogens (tertiary/aromatic N) is 4. The van der Waals surface area contributed by atoms with Crippen LogP contribution in [0.4, 0.5) is 0 Å². The third-order valence-electron chi connectivity index (χ3n) is 5.59. The summed E-state index contributed by atoms with van der Waals surface area (Å²) < 4.78 is 11.2. The molecule has 0 fully saturated rings. The van der Waals surface area contributed by atoms with Gasteiger partial charge in [0.15, 0.2) is 11.6 Å². The Kier molecular flexibility index (Phi) is 7.51. The molecule has 0 saturated heterocycles. The Balaban J connectivity index is 2.04. The van der Waals surface area contributed by atoms with Gasteiger partial charge in [0, 0.05) is 36.5 Å². The first kappa shape index (κ1) is 24.1. The number of rotatable bonds is 9. The average Bonchev–Trinajstić information content (AvgIpc) is 3.21. The Morgan fingerprint density at radius 1 is 1.22 bits per heavy atom. The first-order valence-corrected chi connectivity index (χ1v) is 10.9. The lowest BCUT2D eigenvalue weighted by Crippen LogP contribution is -2.44. The molecule has 0 amide bonds. The maximum Gasteiger partial charge on any atom is 0.165 e. The fourth-order valence-electron chi connectivity index (χ4n) is 3.41. The smallest absolute Gasteiger partial charge is 0.165 e. The van der Waals surface area contributed by atoms with Gasteiger partial charge in [0.2, 0.25) is 0 Å². The van der Waals surface area contributed by atoms with Gasteiger partial charge in [-0.3, -0.25) is 5.84 Å². The second-order valence-electron chi connectivity index (χ2n) is 8.49. The molecule has 0 aliphatic heterocycles. The Morgan fingerprint density at radius 2 is 1.91 bits per heavy atom. The number of nitrogens with two attached hydrogens (primary N) is 1. The predicted octanol–water partition coefficient (Wildman–Crippen LogP) is 4.29. The highest BCUT2D eigenvalue weighted by molar-refractivity contribution is 6.34. The highest BCUT2D eigenvalue weighted by atomic mass is 35.5. The molecule has 0 spiro atoms. The summed E-state index contributed by atoms with van der Waals surface area (Å²) in [4.78, 5) is 8.86. The molecule has 9 heteroatoms. The lowest BCUT2D eigenvalue weighted by Gasteiger charge is -2.30. The van der Waals surface area contributed by atoms with Crippen LogP contribution in [0.2, 0.25) is 5.02 Å². The van der Waals surface area contributed by atoms with Gasteiger partial charge in [-0.05, 0) is 39.3 Å². The minimum absolute atomic E-state index is 0.110. The Hall–Kier alpha value is -2.52. The fraction of sp³-hybridized carbons (Fsp3) is 0.435. The van der Waals surface area contributed by atoms with E-state index < -0.39 is 5.60 Å². The van der Waals surface area contributed by atoms with Gasteiger partial charge in [0.25, 0.3) is 0 Å². The van der Waals surface area contributed by atoms with E-state index in [0.29, 0.717) is 52.1 Å². The number of aliphatic hydroxyl groups is 1. The first-order chi connectivity index (χ1) is 15.1. The lowest BCUT2D eigenvalue weighted by atomic mass is 9.93. The van der Waals surface area contributed by atoms with E-state index in [1.54, 1.807) is 50.5 Å². The number of aromatic nitrogens is 3. The van der Waals surface area contributed by atoms with Gasteiger partial charge in [-0.15, -0.1) is 0 Å². The van der Waals surface area contributed by atoms with Gasteiger partial charge in [0.1, 0.15) is 11.4 Å². The van der Waals surface area contributed by atoms with Crippen molar-refractivity contribution < 1.29 is 14.4 Å². The van der Waals surface area contributed by atoms with Crippen molar-refractivity contribution in [3.63, 3.8) is 0 Å². The fourth-order valence-corrected chi connectivity index (χ4v) is 3.70. The van der Waals surface area contributed by atoms with Crippen LogP contribution in [-0.2, 0) is 0 Å². The third kappa shape index (κ3) is 5.27. The maximum absolute atomic E-state index is 10.0. The van der Waals surface area contributed by atoms with E-state index in [9.17, 15) is 5.11 Å². The van der Waals surface area contributed by atoms with Crippen molar-refractivity contribution in [3.8, 4) is 28.4 Å². The van der Waals surface area contributed by atoms with Crippen LogP contribution in [0.5, 0.6) is 5.75 Å². The minimum Gasteiger partial charge on any atom is -0.495 e. The molecule has 3 rings (SSSR count). The summed E-state index contributed by atoms with van der Waals surface area (Å²) in [5, 5.41) is 16.5. The molecule has 3 N–H and O–H groups in total. The van der Waals surface area contributed by atoms with Crippen LogP contribution in [0.25, 0.3) is 22.6 Å². The quantitative estimate of drug-likeness (QED) is 0.360. The summed E-state index contributed by atoms with van der Waals surface area (Å²) in [6, 6.07) is 7.12. The number of hydrogen-bond acceptors (Lipinski definition) is 8. The molecular formula is C23H30ClN5O3. The SMILES string of the molecule is COc1cccc(-c2noc(C(C)C(C)N(N)CCC(C)(C)O)c2-c2ncccn2)c1Cl. The predicted molar refractivity (Wildman–Crippen MR) is 124 cm³/mol. The molecule has 2 aromatic heterocycles. The molecule has 0 aliphatic rings. The standard InChI is InChI=1S/C23H30ClN5O3/c1-14(15(2)29(25)13-10-23(3,4)30)21-18(22-26-11-7-12-27-22)20(28-32-21)16-8-6-9-17(31-5)19(16)24/h6-9,11-12,14-15,30H,10,13,25H2,1-5H3. The summed E-state index contributed by atoms with van der Waals surface area (Å²) in [7, 11) is 1.56. The second kappa shape index (κ2) is 9.95. The van der Waals surface area contributed by atoms with E-state index in [4.69, 9.17) is 26.7 Å². The van der Waals surface area contributed by atoms with Crippen molar-refractivity contribution in [1.29, 1.82) is 0 Å². The Labute approximate surface area is 193 Å². The Morgan fingerprint density at radius 3 is 2.53 bits per heavy atom. The van der Waals surface area contributed by atoms with Gasteiger partial charge in [-0.2, -0.15) is 0 Å². The first-order valence-electron chi connectivity index (χ1n) is 10.5. The number of benzene rings is 1. The van der Waals surface area contributed by atoms with Crippen LogP contribution in [0, 0.1) is 0 Å². The second-order valence-corrected chi connectivity index (χ2v) is 8.87. The molecule has 0 bridgehead atoms. The molecule has 172 valence electrons. The topological polar surface area (TPSA) is 111 Å². The van der Waals surface area contributed by atoms with Crippen LogP contribution in [-0.4, -0.2) is 50.5 Å². The van der Waals surface area contributed by atoms with Gasteiger partial charge in [-0.25, -0.2) is 15.0 Å². The lowest BCUT2D eigenvalue weighted by molar-refractivity contribution is 0.0491. The van der Waals surface area contributed by atoms with Crippen LogP contribution in [0.1, 0.15) is 45.8 Å². The van der Waals surface area contributed by atoms with E-state index in [1.807, 2.05) is 26.0 Å². The number of ether oxygens (including phenoxy) is 1. The van der Waals surface area contributed by atoms with Crippen molar-refractivity contribution in [1.82, 2.24) is 20.1 Å². The van der Waals surface area contributed by atoms with Gasteiger partial charge < -0.3 is 14.4 Å². The summed E-state index contributed by atoms with van der Waals surface area (Å²) in [5.41, 5.74) is 1.06. The van der Waals surface area contributed by atoms with Crippen molar-refractivity contribution in [2.24, 2.45) is 5.84 Å². The average molecular weight is 460 g/mol. The van der Waals surface area contributed by atoms with E-state index in [-0.39, 0.29) is 12.0 Å². The normalized spacial score (nSPS) is 13.9. The monoisotopic (exact) mass is 459 g/mol. The van der Waals surface area contributed by atoms with Crippen molar-refractivity contribution >= 4 is 11.6 Å². The van der Waals surface area contributed by atoms with Crippen LogP contribution in [0.15, 0.2) is 41.2 Å². The minimum atomic E-state index is -0.799. The van der Waals surface area contributed by atoms with Crippen LogP contribution >= 0.6 is 11.6 Å². The highest BCUT2D eigenvalue weighted by Crippen LogP contribution is 2.42. The molecule has 2 heterocycles. The van der Waals surface area contributed by atoms with Crippen LogP contribution < -0.4 is 10.6 Å². The molecule has 2 atom stereocenters. The summed E-state index contributed by atoms with van der Waals surface area (Å²) >= 11 is 6.59. The highest BCUT2D eigenvalue weighted by Gasteiger charge is 2.31. The zero-order valence-corrected chi connectivity index (χ0v) is 19.8. The molecule has 3 aromatic rings. The number of halogens is 1. The van der Waals surface area contributed by atoms with Crippen LogP contribution in [0.3, 0.4) is 0 Å². The third-order valence-corrected chi connectivity index (χ3v) is 5.98. The van der Waals surface area contributed by atoms with Crippen molar-refractivity contribution in [3.05, 3.63) is 47.4 Å². The maximum atomic E-state index is 10.0. The zero-order chi connectivity index (χ0) is 23.5.